The molecule has 2 aliphatic heterocycles. The number of hydrogen-bond acceptors (Lipinski definition) is 9. The molecule has 1 aromatic carbocycles. The standard InChI is InChI=1S/C17H18FN2O9P/c1-8-3-2-4-9-6-26-30(25,29-14(8)9)27-7-11-12(21)13(22)16(28-11)20-5-10(18)15(23)19-17(20)24/h2-5,11-13,16,21-22H,6-7H2,1H3,(H,19,23,24)/t11-,12-,13-,16-,30?/m1/s1. The number of phosphoric ester groups is 1. The zero-order valence-corrected chi connectivity index (χ0v) is 16.5. The van der Waals surface area contributed by atoms with Gasteiger partial charge in [-0.25, -0.2) is 9.36 Å². The maximum Gasteiger partial charge on any atom is 0.530 e. The van der Waals surface area contributed by atoms with Gasteiger partial charge in [0, 0.05) is 5.56 Å². The molecule has 3 heterocycles. The lowest BCUT2D eigenvalue weighted by Gasteiger charge is -2.27. The molecule has 0 spiro atoms. The van der Waals surface area contributed by atoms with Gasteiger partial charge in [-0.2, -0.15) is 4.39 Å². The number of aryl methyl sites for hydroxylation is 1. The van der Waals surface area contributed by atoms with E-state index in [9.17, 15) is 28.8 Å². The Labute approximate surface area is 168 Å². The molecule has 0 aliphatic carbocycles. The van der Waals surface area contributed by atoms with Gasteiger partial charge in [0.25, 0.3) is 5.56 Å². The Morgan fingerprint density at radius 1 is 1.33 bits per heavy atom. The number of fused-ring (bicyclic) bond motifs is 1. The second kappa shape index (κ2) is 7.73. The number of rotatable bonds is 4. The van der Waals surface area contributed by atoms with Crippen LogP contribution in [0.4, 0.5) is 4.39 Å². The molecule has 0 saturated carbocycles. The zero-order valence-electron chi connectivity index (χ0n) is 15.6. The molecule has 0 bridgehead atoms. The monoisotopic (exact) mass is 444 g/mol. The SMILES string of the molecule is Cc1cccc2c1OP(=O)(OC[C@H]1O[C@@H](n3cc(F)c(=O)[nH]c3=O)[C@H](O)[C@@H]1O)OC2. The van der Waals surface area contributed by atoms with Gasteiger partial charge in [-0.3, -0.25) is 23.4 Å². The Morgan fingerprint density at radius 3 is 2.87 bits per heavy atom. The van der Waals surface area contributed by atoms with E-state index in [0.29, 0.717) is 22.1 Å². The summed E-state index contributed by atoms with van der Waals surface area (Å²) in [6.45, 7) is 1.23. The Balaban J connectivity index is 1.48. The first-order valence-corrected chi connectivity index (χ1v) is 10.3. The molecule has 0 amide bonds. The van der Waals surface area contributed by atoms with Gasteiger partial charge < -0.3 is 19.5 Å². The fraction of sp³-hybridized carbons (Fsp3) is 0.412. The lowest BCUT2D eigenvalue weighted by Crippen LogP contribution is -2.38. The number of benzene rings is 1. The number of para-hydroxylation sites is 1. The molecule has 2 aliphatic rings. The van der Waals surface area contributed by atoms with Gasteiger partial charge in [0.15, 0.2) is 6.23 Å². The maximum atomic E-state index is 13.5. The van der Waals surface area contributed by atoms with Crippen LogP contribution >= 0.6 is 7.82 Å². The second-order valence-electron chi connectivity index (χ2n) is 6.86. The summed E-state index contributed by atoms with van der Waals surface area (Å²) in [6.07, 6.45) is -5.42. The number of halogens is 1. The van der Waals surface area contributed by atoms with Crippen molar-refractivity contribution < 1.29 is 37.5 Å². The molecule has 4 rings (SSSR count). The van der Waals surface area contributed by atoms with Crippen LogP contribution in [-0.4, -0.2) is 44.7 Å². The molecule has 1 unspecified atom stereocenters. The number of H-pyrrole nitrogens is 1. The zero-order chi connectivity index (χ0) is 21.6. The number of hydrogen-bond donors (Lipinski definition) is 3. The van der Waals surface area contributed by atoms with Crippen LogP contribution in [0.5, 0.6) is 5.75 Å². The van der Waals surface area contributed by atoms with E-state index < -0.39 is 56.0 Å². The lowest BCUT2D eigenvalue weighted by molar-refractivity contribution is -0.0558. The summed E-state index contributed by atoms with van der Waals surface area (Å²) in [6, 6.07) is 5.31. The van der Waals surface area contributed by atoms with E-state index in [4.69, 9.17) is 18.3 Å². The molecule has 13 heteroatoms. The van der Waals surface area contributed by atoms with E-state index in [-0.39, 0.29) is 6.61 Å². The fourth-order valence-electron chi connectivity index (χ4n) is 3.22. The summed E-state index contributed by atoms with van der Waals surface area (Å²) in [5, 5.41) is 20.4. The number of aromatic nitrogens is 2. The van der Waals surface area contributed by atoms with Gasteiger partial charge in [-0.15, -0.1) is 0 Å². The third kappa shape index (κ3) is 3.73. The number of aliphatic hydroxyl groups excluding tert-OH is 2. The minimum absolute atomic E-state index is 0.0142. The van der Waals surface area contributed by atoms with Crippen LogP contribution in [0.2, 0.25) is 0 Å². The number of aliphatic hydroxyl groups is 2. The van der Waals surface area contributed by atoms with Crippen LogP contribution in [0, 0.1) is 12.7 Å². The summed E-state index contributed by atoms with van der Waals surface area (Å²) in [5.41, 5.74) is -0.855. The predicted molar refractivity (Wildman–Crippen MR) is 97.4 cm³/mol. The molecule has 3 N–H and O–H groups in total. The highest BCUT2D eigenvalue weighted by atomic mass is 31.2. The molecule has 1 fully saturated rings. The number of ether oxygens (including phenoxy) is 1. The predicted octanol–water partition coefficient (Wildman–Crippen LogP) is 0.337. The molecule has 30 heavy (non-hydrogen) atoms. The summed E-state index contributed by atoms with van der Waals surface area (Å²) in [4.78, 5) is 24.8. The topological polar surface area (TPSA) is 149 Å². The quantitative estimate of drug-likeness (QED) is 0.568. The van der Waals surface area contributed by atoms with Gasteiger partial charge in [0.05, 0.1) is 19.4 Å². The summed E-state index contributed by atoms with van der Waals surface area (Å²) in [5.74, 6) is -0.907. The number of aromatic amines is 1. The van der Waals surface area contributed by atoms with Crippen molar-refractivity contribution in [2.24, 2.45) is 0 Å². The van der Waals surface area contributed by atoms with E-state index >= 15 is 0 Å². The normalized spacial score (nSPS) is 30.7. The van der Waals surface area contributed by atoms with Crippen molar-refractivity contribution in [3.63, 3.8) is 0 Å². The Kier molecular flexibility index (Phi) is 5.39. The highest BCUT2D eigenvalue weighted by molar-refractivity contribution is 7.49. The maximum absolute atomic E-state index is 13.5. The molecule has 1 aromatic heterocycles. The van der Waals surface area contributed by atoms with Crippen molar-refractivity contribution in [1.29, 1.82) is 0 Å². The van der Waals surface area contributed by atoms with E-state index in [1.54, 1.807) is 30.1 Å². The smallest absolute Gasteiger partial charge is 0.403 e. The molecule has 1 saturated heterocycles. The van der Waals surface area contributed by atoms with E-state index in [1.807, 2.05) is 0 Å². The van der Waals surface area contributed by atoms with E-state index in [1.165, 1.54) is 0 Å². The number of nitrogens with zero attached hydrogens (tertiary/aromatic N) is 1. The third-order valence-electron chi connectivity index (χ3n) is 4.81. The molecule has 2 aromatic rings. The van der Waals surface area contributed by atoms with Crippen LogP contribution in [0.3, 0.4) is 0 Å². The minimum atomic E-state index is -4.04. The summed E-state index contributed by atoms with van der Waals surface area (Å²) < 4.78 is 48.1. The summed E-state index contributed by atoms with van der Waals surface area (Å²) >= 11 is 0. The van der Waals surface area contributed by atoms with Gasteiger partial charge >= 0.3 is 13.5 Å². The average molecular weight is 444 g/mol. The lowest BCUT2D eigenvalue weighted by atomic mass is 10.1. The minimum Gasteiger partial charge on any atom is -0.403 e. The highest BCUT2D eigenvalue weighted by Gasteiger charge is 2.46. The van der Waals surface area contributed by atoms with Gasteiger partial charge in [-0.05, 0) is 12.5 Å². The molecular weight excluding hydrogens is 426 g/mol. The van der Waals surface area contributed by atoms with Gasteiger partial charge in [0.1, 0.15) is 24.1 Å². The van der Waals surface area contributed by atoms with Crippen molar-refractivity contribution >= 4 is 7.82 Å². The van der Waals surface area contributed by atoms with Gasteiger partial charge in [0.2, 0.25) is 5.82 Å². The van der Waals surface area contributed by atoms with Crippen LogP contribution in [-0.2, 0) is 25.0 Å². The second-order valence-corrected chi connectivity index (χ2v) is 8.45. The molecule has 162 valence electrons. The van der Waals surface area contributed by atoms with Crippen molar-refractivity contribution in [1.82, 2.24) is 9.55 Å². The van der Waals surface area contributed by atoms with E-state index in [0.717, 1.165) is 5.56 Å². The van der Waals surface area contributed by atoms with Gasteiger partial charge in [-0.1, -0.05) is 18.2 Å². The molecular formula is C17H18FN2O9P. The average Bonchev–Trinajstić information content (AvgIpc) is 2.98. The van der Waals surface area contributed by atoms with Crippen LogP contribution in [0.1, 0.15) is 17.4 Å². The van der Waals surface area contributed by atoms with Crippen LogP contribution in [0.15, 0.2) is 34.0 Å². The van der Waals surface area contributed by atoms with E-state index in [2.05, 4.69) is 0 Å². The first-order chi connectivity index (χ1) is 14.2. The largest absolute Gasteiger partial charge is 0.530 e. The van der Waals surface area contributed by atoms with Crippen molar-refractivity contribution in [3.8, 4) is 5.75 Å². The van der Waals surface area contributed by atoms with Crippen molar-refractivity contribution in [3.05, 3.63) is 62.2 Å². The molecule has 0 radical (unpaired) electrons. The van der Waals surface area contributed by atoms with Crippen molar-refractivity contribution in [2.45, 2.75) is 38.1 Å². The highest BCUT2D eigenvalue weighted by Crippen LogP contribution is 2.55. The number of nitrogens with one attached hydrogen (secondary N) is 1. The third-order valence-corrected chi connectivity index (χ3v) is 6.12. The van der Waals surface area contributed by atoms with Crippen LogP contribution in [0.25, 0.3) is 0 Å². The van der Waals surface area contributed by atoms with Crippen LogP contribution < -0.4 is 15.8 Å². The first kappa shape index (κ1) is 20.9. The number of phosphoric acid groups is 1. The molecule has 5 atom stereocenters. The first-order valence-electron chi connectivity index (χ1n) is 8.88. The Hall–Kier alpha value is -2.34. The fourth-order valence-corrected chi connectivity index (χ4v) is 4.51. The Bertz CT molecular complexity index is 1130. The van der Waals surface area contributed by atoms with Crippen molar-refractivity contribution in [2.75, 3.05) is 6.61 Å². The Morgan fingerprint density at radius 2 is 2.10 bits per heavy atom. The summed E-state index contributed by atoms with van der Waals surface area (Å²) in [7, 11) is -4.04. The molecule has 11 nitrogen and oxygen atoms in total.